The molecule has 0 aromatic heterocycles. The van der Waals surface area contributed by atoms with Gasteiger partial charge in [0.1, 0.15) is 0 Å². The lowest BCUT2D eigenvalue weighted by molar-refractivity contribution is -0.142. The summed E-state index contributed by atoms with van der Waals surface area (Å²) in [5.41, 5.74) is 0.160. The average molecular weight is 361 g/mol. The first-order valence-corrected chi connectivity index (χ1v) is 10.1. The lowest BCUT2D eigenvalue weighted by Gasteiger charge is -2.38. The number of hydrogen-bond donors (Lipinski definition) is 0. The van der Waals surface area contributed by atoms with Gasteiger partial charge in [-0.2, -0.15) is 9.57 Å². The van der Waals surface area contributed by atoms with Crippen LogP contribution in [0.3, 0.4) is 0 Å². The van der Waals surface area contributed by atoms with Gasteiger partial charge in [-0.15, -0.1) is 0 Å². The highest BCUT2D eigenvalue weighted by Gasteiger charge is 2.40. The summed E-state index contributed by atoms with van der Waals surface area (Å²) in [6, 6.07) is 7.92. The van der Waals surface area contributed by atoms with E-state index in [4.69, 9.17) is 5.26 Å². The van der Waals surface area contributed by atoms with Crippen LogP contribution < -0.4 is 0 Å². The number of piperazine rings is 1. The summed E-state index contributed by atoms with van der Waals surface area (Å²) in [7, 11) is -3.58. The first-order valence-electron chi connectivity index (χ1n) is 8.66. The molecule has 0 N–H and O–H groups in total. The lowest BCUT2D eigenvalue weighted by atomic mass is 9.87. The van der Waals surface area contributed by atoms with Gasteiger partial charge < -0.3 is 4.90 Å². The summed E-state index contributed by atoms with van der Waals surface area (Å²) in [6.07, 6.45) is 4.04. The van der Waals surface area contributed by atoms with E-state index in [1.807, 2.05) is 17.9 Å². The van der Waals surface area contributed by atoms with Gasteiger partial charge in [0.15, 0.2) is 0 Å². The number of carbonyl (C=O) groups excluding carboxylic acids is 1. The third-order valence-electron chi connectivity index (χ3n) is 5.37. The fourth-order valence-electron chi connectivity index (χ4n) is 3.73. The van der Waals surface area contributed by atoms with Crippen molar-refractivity contribution in [3.63, 3.8) is 0 Å². The Hall–Kier alpha value is -1.91. The summed E-state index contributed by atoms with van der Waals surface area (Å²) in [5.74, 6) is 0.167. The van der Waals surface area contributed by atoms with Crippen LogP contribution in [0.5, 0.6) is 0 Å². The number of benzene rings is 1. The molecule has 1 aliphatic heterocycles. The van der Waals surface area contributed by atoms with Crippen LogP contribution in [-0.4, -0.2) is 49.7 Å². The Bertz CT molecular complexity index is 782. The maximum Gasteiger partial charge on any atom is 0.243 e. The summed E-state index contributed by atoms with van der Waals surface area (Å²) in [4.78, 5) is 14.8. The van der Waals surface area contributed by atoms with Crippen molar-refractivity contribution in [1.82, 2.24) is 9.21 Å². The number of carbonyl (C=O) groups is 1. The largest absolute Gasteiger partial charge is 0.340 e. The van der Waals surface area contributed by atoms with Crippen LogP contribution in [0.2, 0.25) is 0 Å². The Morgan fingerprint density at radius 1 is 1.08 bits per heavy atom. The fourth-order valence-corrected chi connectivity index (χ4v) is 5.16. The molecule has 2 aliphatic rings. The van der Waals surface area contributed by atoms with Gasteiger partial charge in [-0.05, 0) is 37.1 Å². The molecule has 0 radical (unpaired) electrons. The van der Waals surface area contributed by atoms with Gasteiger partial charge in [-0.1, -0.05) is 19.8 Å². The van der Waals surface area contributed by atoms with E-state index in [2.05, 4.69) is 0 Å². The van der Waals surface area contributed by atoms with Crippen molar-refractivity contribution in [2.45, 2.75) is 37.5 Å². The zero-order chi connectivity index (χ0) is 18.1. The maximum absolute atomic E-state index is 12.7. The standard InChI is InChI=1S/C18H23N3O3S/c1-18(8-2-3-9-18)17(22)20-10-12-21(13-11-20)25(23,24)16-6-4-15(14-19)5-7-16/h4-7H,2-3,8-13H2,1H3. The highest BCUT2D eigenvalue weighted by molar-refractivity contribution is 7.89. The van der Waals surface area contributed by atoms with Gasteiger partial charge in [0.05, 0.1) is 16.5 Å². The van der Waals surface area contributed by atoms with E-state index in [9.17, 15) is 13.2 Å². The SMILES string of the molecule is CC1(C(=O)N2CCN(S(=O)(=O)c3ccc(C#N)cc3)CC2)CCCC1. The predicted molar refractivity (Wildman–Crippen MR) is 93.1 cm³/mol. The van der Waals surface area contributed by atoms with Crippen molar-refractivity contribution >= 4 is 15.9 Å². The molecule has 0 unspecified atom stereocenters. The monoisotopic (exact) mass is 361 g/mol. The zero-order valence-corrected chi connectivity index (χ0v) is 15.3. The molecule has 1 amide bonds. The van der Waals surface area contributed by atoms with E-state index in [0.29, 0.717) is 31.7 Å². The van der Waals surface area contributed by atoms with E-state index in [0.717, 1.165) is 25.7 Å². The minimum Gasteiger partial charge on any atom is -0.340 e. The number of rotatable bonds is 3. The van der Waals surface area contributed by atoms with Crippen LogP contribution in [0.1, 0.15) is 38.2 Å². The molecular weight excluding hydrogens is 338 g/mol. The Kier molecular flexibility index (Phi) is 4.85. The van der Waals surface area contributed by atoms with Crippen molar-refractivity contribution < 1.29 is 13.2 Å². The van der Waals surface area contributed by atoms with E-state index in [-0.39, 0.29) is 16.2 Å². The molecule has 3 rings (SSSR count). The van der Waals surface area contributed by atoms with E-state index in [1.165, 1.54) is 28.6 Å². The number of sulfonamides is 1. The number of amides is 1. The van der Waals surface area contributed by atoms with E-state index in [1.54, 1.807) is 0 Å². The van der Waals surface area contributed by atoms with Crippen LogP contribution in [0.4, 0.5) is 0 Å². The molecule has 7 heteroatoms. The third-order valence-corrected chi connectivity index (χ3v) is 7.28. The topological polar surface area (TPSA) is 81.5 Å². The summed E-state index contributed by atoms with van der Waals surface area (Å²) < 4.78 is 26.9. The smallest absolute Gasteiger partial charge is 0.243 e. The second-order valence-corrected chi connectivity index (χ2v) is 9.04. The Morgan fingerprint density at radius 3 is 2.16 bits per heavy atom. The van der Waals surface area contributed by atoms with Crippen LogP contribution in [0.15, 0.2) is 29.2 Å². The normalized spacial score (nSPS) is 21.0. The molecule has 1 saturated heterocycles. The summed E-state index contributed by atoms with van der Waals surface area (Å²) in [6.45, 7) is 3.52. The minimum atomic E-state index is -3.58. The molecular formula is C18H23N3O3S. The molecule has 2 fully saturated rings. The molecule has 0 spiro atoms. The van der Waals surface area contributed by atoms with Crippen molar-refractivity contribution in [1.29, 1.82) is 5.26 Å². The summed E-state index contributed by atoms with van der Waals surface area (Å²) >= 11 is 0. The first kappa shape index (κ1) is 17.9. The van der Waals surface area contributed by atoms with Crippen LogP contribution in [-0.2, 0) is 14.8 Å². The second-order valence-electron chi connectivity index (χ2n) is 7.10. The first-order chi connectivity index (χ1) is 11.9. The number of nitrogens with zero attached hydrogens (tertiary/aromatic N) is 3. The molecule has 6 nitrogen and oxygen atoms in total. The quantitative estimate of drug-likeness (QED) is 0.824. The zero-order valence-electron chi connectivity index (χ0n) is 14.4. The van der Waals surface area contributed by atoms with Crippen molar-refractivity contribution in [3.8, 4) is 6.07 Å². The Labute approximate surface area is 149 Å². The summed E-state index contributed by atoms with van der Waals surface area (Å²) in [5, 5.41) is 8.82. The molecule has 1 saturated carbocycles. The highest BCUT2D eigenvalue weighted by atomic mass is 32.2. The molecule has 25 heavy (non-hydrogen) atoms. The second kappa shape index (κ2) is 6.77. The van der Waals surface area contributed by atoms with Gasteiger partial charge in [-0.3, -0.25) is 4.79 Å². The molecule has 0 atom stereocenters. The molecule has 1 aromatic carbocycles. The van der Waals surface area contributed by atoms with Crippen molar-refractivity contribution in [2.24, 2.45) is 5.41 Å². The van der Waals surface area contributed by atoms with Crippen LogP contribution in [0.25, 0.3) is 0 Å². The van der Waals surface area contributed by atoms with Gasteiger partial charge in [-0.25, -0.2) is 8.42 Å². The van der Waals surface area contributed by atoms with E-state index >= 15 is 0 Å². The highest BCUT2D eigenvalue weighted by Crippen LogP contribution is 2.39. The van der Waals surface area contributed by atoms with Crippen LogP contribution >= 0.6 is 0 Å². The third kappa shape index (κ3) is 3.42. The molecule has 134 valence electrons. The van der Waals surface area contributed by atoms with E-state index < -0.39 is 10.0 Å². The van der Waals surface area contributed by atoms with Crippen LogP contribution in [0, 0.1) is 16.7 Å². The predicted octanol–water partition coefficient (Wildman–Crippen LogP) is 1.97. The van der Waals surface area contributed by atoms with Crippen molar-refractivity contribution in [3.05, 3.63) is 29.8 Å². The lowest BCUT2D eigenvalue weighted by Crippen LogP contribution is -2.53. The Balaban J connectivity index is 1.67. The van der Waals surface area contributed by atoms with Gasteiger partial charge in [0.25, 0.3) is 0 Å². The van der Waals surface area contributed by atoms with Gasteiger partial charge in [0, 0.05) is 31.6 Å². The fraction of sp³-hybridized carbons (Fsp3) is 0.556. The Morgan fingerprint density at radius 2 is 1.64 bits per heavy atom. The average Bonchev–Trinajstić information content (AvgIpc) is 3.09. The maximum atomic E-state index is 12.7. The van der Waals surface area contributed by atoms with Gasteiger partial charge in [0.2, 0.25) is 15.9 Å². The number of nitriles is 1. The molecule has 1 heterocycles. The molecule has 1 aromatic rings. The van der Waals surface area contributed by atoms with Gasteiger partial charge >= 0.3 is 0 Å². The molecule has 0 bridgehead atoms. The molecule has 1 aliphatic carbocycles. The number of hydrogen-bond acceptors (Lipinski definition) is 4. The van der Waals surface area contributed by atoms with Crippen molar-refractivity contribution in [2.75, 3.05) is 26.2 Å². The minimum absolute atomic E-state index is 0.167.